The zero-order valence-corrected chi connectivity index (χ0v) is 20.4. The van der Waals surface area contributed by atoms with E-state index in [9.17, 15) is 8.42 Å². The lowest BCUT2D eigenvalue weighted by atomic mass is 10.0. The van der Waals surface area contributed by atoms with E-state index in [1.54, 1.807) is 0 Å². The SMILES string of the molecule is CCCCCCCCCCCCCCCCSCC(COS(C)(=O)=O)OCC. The third kappa shape index (κ3) is 22.5. The molecule has 0 N–H and O–H groups in total. The predicted molar refractivity (Wildman–Crippen MR) is 124 cm³/mol. The second kappa shape index (κ2) is 20.5. The standard InChI is InChI=1S/C22H46O4S2/c1-4-6-7-8-9-10-11-12-13-14-15-16-17-18-19-27-21-22(25-5-2)20-26-28(3,23)24/h22H,4-21H2,1-3H3. The summed E-state index contributed by atoms with van der Waals surface area (Å²) in [4.78, 5) is 0. The van der Waals surface area contributed by atoms with Crippen LogP contribution in [0.25, 0.3) is 0 Å². The lowest BCUT2D eigenvalue weighted by Gasteiger charge is -2.16. The van der Waals surface area contributed by atoms with E-state index < -0.39 is 10.1 Å². The minimum Gasteiger partial charge on any atom is -0.375 e. The summed E-state index contributed by atoms with van der Waals surface area (Å²) in [5.74, 6) is 1.91. The molecule has 0 aromatic carbocycles. The maximum Gasteiger partial charge on any atom is 0.264 e. The molecule has 0 spiro atoms. The monoisotopic (exact) mass is 438 g/mol. The van der Waals surface area contributed by atoms with Gasteiger partial charge in [0.15, 0.2) is 0 Å². The van der Waals surface area contributed by atoms with Crippen LogP contribution in [-0.4, -0.2) is 45.5 Å². The first-order valence-electron chi connectivity index (χ1n) is 11.5. The van der Waals surface area contributed by atoms with Crippen LogP contribution in [0.2, 0.25) is 0 Å². The molecule has 0 aliphatic carbocycles. The molecule has 0 aromatic rings. The van der Waals surface area contributed by atoms with Crippen molar-refractivity contribution in [3.8, 4) is 0 Å². The molecule has 6 heteroatoms. The van der Waals surface area contributed by atoms with Crippen LogP contribution in [0.1, 0.15) is 104 Å². The topological polar surface area (TPSA) is 52.6 Å². The van der Waals surface area contributed by atoms with Crippen LogP contribution >= 0.6 is 11.8 Å². The van der Waals surface area contributed by atoms with Gasteiger partial charge in [-0.3, -0.25) is 4.18 Å². The highest BCUT2D eigenvalue weighted by Crippen LogP contribution is 2.15. The molecule has 170 valence electrons. The van der Waals surface area contributed by atoms with Gasteiger partial charge in [-0.25, -0.2) is 0 Å². The molecule has 0 amide bonds. The Bertz CT molecular complexity index is 413. The highest BCUT2D eigenvalue weighted by atomic mass is 32.2. The third-order valence-corrected chi connectivity index (χ3v) is 6.57. The number of unbranched alkanes of at least 4 members (excludes halogenated alkanes) is 13. The molecule has 0 aliphatic rings. The first-order chi connectivity index (χ1) is 13.5. The summed E-state index contributed by atoms with van der Waals surface area (Å²) in [6, 6.07) is 0. The molecule has 0 radical (unpaired) electrons. The maximum atomic E-state index is 11.1. The fraction of sp³-hybridized carbons (Fsp3) is 1.00. The highest BCUT2D eigenvalue weighted by molar-refractivity contribution is 7.99. The van der Waals surface area contributed by atoms with Gasteiger partial charge in [-0.15, -0.1) is 0 Å². The lowest BCUT2D eigenvalue weighted by molar-refractivity contribution is 0.0454. The molecule has 0 saturated heterocycles. The van der Waals surface area contributed by atoms with Crippen molar-refractivity contribution < 1.29 is 17.3 Å². The summed E-state index contributed by atoms with van der Waals surface area (Å²) < 4.78 is 32.6. The van der Waals surface area contributed by atoms with E-state index in [4.69, 9.17) is 8.92 Å². The largest absolute Gasteiger partial charge is 0.375 e. The van der Waals surface area contributed by atoms with Crippen molar-refractivity contribution in [2.24, 2.45) is 0 Å². The average Bonchev–Trinajstić information content (AvgIpc) is 2.65. The minimum atomic E-state index is -3.39. The van der Waals surface area contributed by atoms with Gasteiger partial charge in [-0.1, -0.05) is 90.4 Å². The Balaban J connectivity index is 3.35. The molecule has 1 atom stereocenters. The predicted octanol–water partition coefficient (Wildman–Crippen LogP) is 6.58. The fourth-order valence-electron chi connectivity index (χ4n) is 3.19. The third-order valence-electron chi connectivity index (χ3n) is 4.82. The van der Waals surface area contributed by atoms with Crippen molar-refractivity contribution in [3.05, 3.63) is 0 Å². The molecule has 0 heterocycles. The number of thioether (sulfide) groups is 1. The molecule has 0 rings (SSSR count). The van der Waals surface area contributed by atoms with Gasteiger partial charge in [-0.05, 0) is 19.1 Å². The zero-order valence-electron chi connectivity index (χ0n) is 18.8. The number of hydrogen-bond acceptors (Lipinski definition) is 5. The van der Waals surface area contributed by atoms with Gasteiger partial charge in [0.1, 0.15) is 0 Å². The quantitative estimate of drug-likeness (QED) is 0.141. The smallest absolute Gasteiger partial charge is 0.264 e. The second-order valence-corrected chi connectivity index (χ2v) is 10.5. The number of rotatable bonds is 22. The molecule has 0 aromatic heterocycles. The minimum absolute atomic E-state index is 0.123. The molecule has 0 bridgehead atoms. The summed E-state index contributed by atoms with van der Waals surface area (Å²) in [5.41, 5.74) is 0. The van der Waals surface area contributed by atoms with E-state index in [-0.39, 0.29) is 12.7 Å². The maximum absolute atomic E-state index is 11.1. The van der Waals surface area contributed by atoms with Crippen LogP contribution in [0, 0.1) is 0 Å². The van der Waals surface area contributed by atoms with Crippen molar-refractivity contribution >= 4 is 21.9 Å². The highest BCUT2D eigenvalue weighted by Gasteiger charge is 2.12. The van der Waals surface area contributed by atoms with E-state index in [0.29, 0.717) is 6.61 Å². The van der Waals surface area contributed by atoms with Gasteiger partial charge >= 0.3 is 0 Å². The van der Waals surface area contributed by atoms with Gasteiger partial charge < -0.3 is 4.74 Å². The van der Waals surface area contributed by atoms with Crippen LogP contribution in [0.15, 0.2) is 0 Å². The number of hydrogen-bond donors (Lipinski definition) is 0. The molecule has 0 fully saturated rings. The molecule has 0 aliphatic heterocycles. The second-order valence-electron chi connectivity index (χ2n) is 7.74. The zero-order chi connectivity index (χ0) is 20.9. The first kappa shape index (κ1) is 28.2. The lowest BCUT2D eigenvalue weighted by Crippen LogP contribution is -2.24. The Labute approximate surface area is 180 Å². The van der Waals surface area contributed by atoms with Crippen molar-refractivity contribution in [1.29, 1.82) is 0 Å². The Morgan fingerprint density at radius 3 is 1.64 bits per heavy atom. The van der Waals surface area contributed by atoms with Crippen LogP contribution in [0.4, 0.5) is 0 Å². The van der Waals surface area contributed by atoms with Crippen molar-refractivity contribution in [3.63, 3.8) is 0 Å². The van der Waals surface area contributed by atoms with Gasteiger partial charge in [0.2, 0.25) is 0 Å². The van der Waals surface area contributed by atoms with E-state index in [1.165, 1.54) is 89.9 Å². The Hall–Kier alpha value is 0.220. The Kier molecular flexibility index (Phi) is 20.7. The van der Waals surface area contributed by atoms with Crippen LogP contribution in [0.5, 0.6) is 0 Å². The van der Waals surface area contributed by atoms with E-state index in [2.05, 4.69) is 6.92 Å². The summed E-state index contributed by atoms with van der Waals surface area (Å²) >= 11 is 1.84. The van der Waals surface area contributed by atoms with Crippen LogP contribution < -0.4 is 0 Å². The van der Waals surface area contributed by atoms with Crippen molar-refractivity contribution in [2.75, 3.05) is 31.0 Å². The van der Waals surface area contributed by atoms with Crippen LogP contribution in [-0.2, 0) is 19.0 Å². The first-order valence-corrected chi connectivity index (χ1v) is 14.5. The van der Waals surface area contributed by atoms with Gasteiger partial charge in [-0.2, -0.15) is 20.2 Å². The van der Waals surface area contributed by atoms with E-state index in [1.807, 2.05) is 18.7 Å². The molecular weight excluding hydrogens is 392 g/mol. The summed E-state index contributed by atoms with van der Waals surface area (Å²) in [7, 11) is -3.39. The van der Waals surface area contributed by atoms with Gasteiger partial charge in [0, 0.05) is 12.4 Å². The fourth-order valence-corrected chi connectivity index (χ4v) is 4.62. The number of ether oxygens (including phenoxy) is 1. The Morgan fingerprint density at radius 1 is 0.750 bits per heavy atom. The molecular formula is C22H46O4S2. The summed E-state index contributed by atoms with van der Waals surface area (Å²) in [6.07, 6.45) is 20.3. The van der Waals surface area contributed by atoms with Crippen molar-refractivity contribution in [2.45, 2.75) is 110 Å². The summed E-state index contributed by atoms with van der Waals surface area (Å²) in [5, 5.41) is 0. The average molecular weight is 439 g/mol. The van der Waals surface area contributed by atoms with Crippen LogP contribution in [0.3, 0.4) is 0 Å². The molecule has 1 unspecified atom stereocenters. The normalized spacial score (nSPS) is 13.1. The molecule has 4 nitrogen and oxygen atoms in total. The Morgan fingerprint density at radius 2 is 1.21 bits per heavy atom. The summed E-state index contributed by atoms with van der Waals surface area (Å²) in [6.45, 7) is 4.90. The van der Waals surface area contributed by atoms with E-state index in [0.717, 1.165) is 17.8 Å². The van der Waals surface area contributed by atoms with E-state index >= 15 is 0 Å². The molecule has 0 saturated carbocycles. The van der Waals surface area contributed by atoms with Gasteiger partial charge in [0.25, 0.3) is 10.1 Å². The van der Waals surface area contributed by atoms with Gasteiger partial charge in [0.05, 0.1) is 19.0 Å². The molecule has 28 heavy (non-hydrogen) atoms. The van der Waals surface area contributed by atoms with Crippen molar-refractivity contribution in [1.82, 2.24) is 0 Å².